The number of benzene rings is 1. The third-order valence-corrected chi connectivity index (χ3v) is 5.35. The van der Waals surface area contributed by atoms with Crippen LogP contribution in [0, 0.1) is 0 Å². The summed E-state index contributed by atoms with van der Waals surface area (Å²) < 4.78 is 0. The number of rotatable bonds is 14. The van der Waals surface area contributed by atoms with Gasteiger partial charge in [-0.3, -0.25) is 4.90 Å². The van der Waals surface area contributed by atoms with Gasteiger partial charge in [-0.2, -0.15) is 0 Å². The summed E-state index contributed by atoms with van der Waals surface area (Å²) in [5, 5.41) is 0. The van der Waals surface area contributed by atoms with Crippen LogP contribution in [0.4, 0.5) is 0 Å². The zero-order valence-electron chi connectivity index (χ0n) is 15.2. The van der Waals surface area contributed by atoms with Crippen LogP contribution in [0.5, 0.6) is 0 Å². The van der Waals surface area contributed by atoms with Crippen molar-refractivity contribution < 1.29 is 0 Å². The lowest BCUT2D eigenvalue weighted by molar-refractivity contribution is 0.213. The molecule has 2 heteroatoms. The van der Waals surface area contributed by atoms with Gasteiger partial charge in [0.25, 0.3) is 0 Å². The molecule has 0 bridgehead atoms. The van der Waals surface area contributed by atoms with E-state index < -0.39 is 0 Å². The lowest BCUT2D eigenvalue weighted by Crippen LogP contribution is -2.35. The van der Waals surface area contributed by atoms with Crippen LogP contribution < -0.4 is 0 Å². The van der Waals surface area contributed by atoms with Crippen LogP contribution in [0.15, 0.2) is 47.9 Å². The predicted octanol–water partition coefficient (Wildman–Crippen LogP) is 6.75. The minimum Gasteiger partial charge on any atom is -0.291 e. The van der Waals surface area contributed by atoms with Crippen molar-refractivity contribution in [1.82, 2.24) is 4.90 Å². The molecule has 0 aromatic heterocycles. The molecule has 130 valence electrons. The Morgan fingerprint density at radius 2 is 1.78 bits per heavy atom. The minimum atomic E-state index is 0.659. The Kier molecular flexibility index (Phi) is 12.1. The number of thioether (sulfide) groups is 1. The number of unbranched alkanes of at least 4 members (excludes halogenated alkanes) is 4. The Morgan fingerprint density at radius 3 is 2.43 bits per heavy atom. The van der Waals surface area contributed by atoms with E-state index in [1.807, 2.05) is 11.8 Å². The Hall–Kier alpha value is -0.730. The Morgan fingerprint density at radius 1 is 1.04 bits per heavy atom. The summed E-state index contributed by atoms with van der Waals surface area (Å²) in [5.74, 6) is 1.09. The Bertz CT molecular complexity index is 390. The molecule has 0 saturated heterocycles. The topological polar surface area (TPSA) is 3.24 Å². The second-order valence-electron chi connectivity index (χ2n) is 6.28. The molecule has 0 saturated carbocycles. The number of hydrogen-bond donors (Lipinski definition) is 0. The van der Waals surface area contributed by atoms with Crippen LogP contribution in [0.1, 0.15) is 65.2 Å². The molecule has 0 aliphatic carbocycles. The van der Waals surface area contributed by atoms with E-state index in [0.29, 0.717) is 6.04 Å². The zero-order chi connectivity index (χ0) is 16.8. The maximum Gasteiger partial charge on any atom is 0.0494 e. The molecule has 0 N–H and O–H groups in total. The van der Waals surface area contributed by atoms with Crippen molar-refractivity contribution in [2.45, 2.75) is 76.2 Å². The highest BCUT2D eigenvalue weighted by molar-refractivity contribution is 7.99. The van der Waals surface area contributed by atoms with Crippen molar-refractivity contribution in [3.8, 4) is 0 Å². The second kappa shape index (κ2) is 13.7. The van der Waals surface area contributed by atoms with Crippen molar-refractivity contribution in [2.24, 2.45) is 0 Å². The highest BCUT2D eigenvalue weighted by atomic mass is 32.2. The Balaban J connectivity index is 2.56. The molecule has 0 aliphatic rings. The fourth-order valence-corrected chi connectivity index (χ4v) is 3.84. The molecule has 23 heavy (non-hydrogen) atoms. The molecule has 1 unspecified atom stereocenters. The van der Waals surface area contributed by atoms with Gasteiger partial charge in [0.2, 0.25) is 0 Å². The third-order valence-electron chi connectivity index (χ3n) is 4.29. The van der Waals surface area contributed by atoms with Crippen LogP contribution in [0.2, 0.25) is 0 Å². The lowest BCUT2D eigenvalue weighted by atomic mass is 10.0. The summed E-state index contributed by atoms with van der Waals surface area (Å²) in [5.41, 5.74) is 0. The van der Waals surface area contributed by atoms with E-state index in [9.17, 15) is 0 Å². The standard InChI is InChI=1S/C21H35NS/c1-4-7-9-11-15-20(14-6-3)22(18-8-5-2)19-23-21-16-12-10-13-17-21/h6,10,12-13,16-17,20H,3-5,7-9,11,14-15,18-19H2,1-2H3. The fourth-order valence-electron chi connectivity index (χ4n) is 2.84. The van der Waals surface area contributed by atoms with Crippen LogP contribution >= 0.6 is 11.8 Å². The van der Waals surface area contributed by atoms with E-state index in [0.717, 1.165) is 12.3 Å². The molecule has 0 radical (unpaired) electrons. The molecule has 0 amide bonds. The fraction of sp³-hybridized carbons (Fsp3) is 0.619. The SMILES string of the molecule is C=CCC(CCCCCC)N(CCCC)CSc1ccccc1. The maximum absolute atomic E-state index is 3.99. The summed E-state index contributed by atoms with van der Waals surface area (Å²) in [4.78, 5) is 4.06. The third kappa shape index (κ3) is 9.22. The first-order valence-electron chi connectivity index (χ1n) is 9.34. The van der Waals surface area contributed by atoms with Gasteiger partial charge in [-0.05, 0) is 37.9 Å². The monoisotopic (exact) mass is 333 g/mol. The van der Waals surface area contributed by atoms with Gasteiger partial charge in [-0.1, -0.05) is 70.2 Å². The van der Waals surface area contributed by atoms with E-state index in [4.69, 9.17) is 0 Å². The summed E-state index contributed by atoms with van der Waals surface area (Å²) in [7, 11) is 0. The van der Waals surface area contributed by atoms with Crippen LogP contribution in [0.3, 0.4) is 0 Å². The molecule has 1 nitrogen and oxygen atoms in total. The van der Waals surface area contributed by atoms with Crippen molar-refractivity contribution in [2.75, 3.05) is 12.4 Å². The van der Waals surface area contributed by atoms with E-state index in [1.165, 1.54) is 56.4 Å². The molecule has 0 heterocycles. The molecule has 1 rings (SSSR count). The average Bonchev–Trinajstić information content (AvgIpc) is 2.59. The normalized spacial score (nSPS) is 12.5. The molecule has 1 aromatic carbocycles. The highest BCUT2D eigenvalue weighted by Crippen LogP contribution is 2.23. The first-order chi connectivity index (χ1) is 11.3. The van der Waals surface area contributed by atoms with Crippen LogP contribution in [-0.2, 0) is 0 Å². The molecule has 0 spiro atoms. The minimum absolute atomic E-state index is 0.659. The van der Waals surface area contributed by atoms with E-state index in [-0.39, 0.29) is 0 Å². The molecule has 1 aromatic rings. The van der Waals surface area contributed by atoms with E-state index in [1.54, 1.807) is 0 Å². The Labute approximate surface area is 148 Å². The van der Waals surface area contributed by atoms with Crippen LogP contribution in [-0.4, -0.2) is 23.4 Å². The highest BCUT2D eigenvalue weighted by Gasteiger charge is 2.16. The van der Waals surface area contributed by atoms with Gasteiger partial charge in [0.05, 0.1) is 0 Å². The summed E-state index contributed by atoms with van der Waals surface area (Å²) in [6.07, 6.45) is 12.5. The predicted molar refractivity (Wildman–Crippen MR) is 106 cm³/mol. The quantitative estimate of drug-likeness (QED) is 0.160. The van der Waals surface area contributed by atoms with Crippen molar-refractivity contribution in [3.05, 3.63) is 43.0 Å². The van der Waals surface area contributed by atoms with Crippen molar-refractivity contribution >= 4 is 11.8 Å². The smallest absolute Gasteiger partial charge is 0.0494 e. The summed E-state index contributed by atoms with van der Waals surface area (Å²) in [6.45, 7) is 9.77. The van der Waals surface area contributed by atoms with Gasteiger partial charge in [0, 0.05) is 16.8 Å². The maximum atomic E-state index is 3.99. The number of nitrogens with zero attached hydrogens (tertiary/aromatic N) is 1. The van der Waals surface area contributed by atoms with Gasteiger partial charge < -0.3 is 0 Å². The van der Waals surface area contributed by atoms with Gasteiger partial charge in [0.15, 0.2) is 0 Å². The molecule has 0 aliphatic heterocycles. The van der Waals surface area contributed by atoms with Crippen molar-refractivity contribution in [3.63, 3.8) is 0 Å². The summed E-state index contributed by atoms with van der Waals surface area (Å²) in [6, 6.07) is 11.4. The average molecular weight is 334 g/mol. The molecular formula is C21H35NS. The van der Waals surface area contributed by atoms with Crippen molar-refractivity contribution in [1.29, 1.82) is 0 Å². The van der Waals surface area contributed by atoms with Gasteiger partial charge in [0.1, 0.15) is 0 Å². The van der Waals surface area contributed by atoms with Crippen LogP contribution in [0.25, 0.3) is 0 Å². The number of hydrogen-bond acceptors (Lipinski definition) is 2. The molecular weight excluding hydrogens is 298 g/mol. The second-order valence-corrected chi connectivity index (χ2v) is 7.30. The molecule has 1 atom stereocenters. The van der Waals surface area contributed by atoms with Gasteiger partial charge in [-0.15, -0.1) is 18.3 Å². The first kappa shape index (κ1) is 20.3. The van der Waals surface area contributed by atoms with Gasteiger partial charge in [-0.25, -0.2) is 0 Å². The zero-order valence-corrected chi connectivity index (χ0v) is 16.0. The lowest BCUT2D eigenvalue weighted by Gasteiger charge is -2.31. The van der Waals surface area contributed by atoms with E-state index >= 15 is 0 Å². The first-order valence-corrected chi connectivity index (χ1v) is 10.3. The molecule has 0 fully saturated rings. The largest absolute Gasteiger partial charge is 0.291 e. The summed E-state index contributed by atoms with van der Waals surface area (Å²) >= 11 is 1.97. The van der Waals surface area contributed by atoms with Gasteiger partial charge >= 0.3 is 0 Å². The van der Waals surface area contributed by atoms with E-state index in [2.05, 4.69) is 61.7 Å².